The minimum absolute atomic E-state index is 0.0902. The van der Waals surface area contributed by atoms with E-state index in [-0.39, 0.29) is 18.3 Å². The normalized spacial score (nSPS) is 10.1. The molecule has 0 aromatic heterocycles. The molecule has 5 heteroatoms. The topological polar surface area (TPSA) is 41.1 Å². The third-order valence-electron chi connectivity index (χ3n) is 2.63. The predicted molar refractivity (Wildman–Crippen MR) is 81.7 cm³/mol. The zero-order valence-electron chi connectivity index (χ0n) is 11.0. The van der Waals surface area contributed by atoms with Gasteiger partial charge < -0.3 is 10.6 Å². The number of halogens is 1. The van der Waals surface area contributed by atoms with Crippen LogP contribution in [-0.2, 0) is 4.79 Å². The van der Waals surface area contributed by atoms with Gasteiger partial charge >= 0.3 is 0 Å². The Morgan fingerprint density at radius 2 is 1.90 bits per heavy atom. The van der Waals surface area contributed by atoms with Gasteiger partial charge in [0.25, 0.3) is 0 Å². The highest BCUT2D eigenvalue weighted by Gasteiger charge is 2.03. The lowest BCUT2D eigenvalue weighted by molar-refractivity contribution is -0.114. The van der Waals surface area contributed by atoms with Gasteiger partial charge in [-0.25, -0.2) is 4.39 Å². The van der Waals surface area contributed by atoms with Crippen molar-refractivity contribution in [2.45, 2.75) is 4.90 Å². The first-order chi connectivity index (χ1) is 9.67. The molecule has 2 aromatic rings. The van der Waals surface area contributed by atoms with E-state index in [9.17, 15) is 9.18 Å². The first kappa shape index (κ1) is 14.4. The monoisotopic (exact) mass is 290 g/mol. The Labute approximate surface area is 121 Å². The SMILES string of the molecule is CSc1cccc(NC(=O)CNc2cccc(F)c2)c1. The van der Waals surface area contributed by atoms with Crippen molar-refractivity contribution in [3.63, 3.8) is 0 Å². The molecule has 0 radical (unpaired) electrons. The maximum Gasteiger partial charge on any atom is 0.243 e. The van der Waals surface area contributed by atoms with Crippen LogP contribution in [0.4, 0.5) is 15.8 Å². The summed E-state index contributed by atoms with van der Waals surface area (Å²) in [5, 5.41) is 5.67. The van der Waals surface area contributed by atoms with Crippen LogP contribution in [0.5, 0.6) is 0 Å². The molecule has 0 heterocycles. The molecule has 0 unspecified atom stereocenters. The summed E-state index contributed by atoms with van der Waals surface area (Å²) in [7, 11) is 0. The van der Waals surface area contributed by atoms with Gasteiger partial charge in [-0.1, -0.05) is 12.1 Å². The molecule has 104 valence electrons. The van der Waals surface area contributed by atoms with E-state index in [2.05, 4.69) is 10.6 Å². The fourth-order valence-corrected chi connectivity index (χ4v) is 2.15. The first-order valence-electron chi connectivity index (χ1n) is 6.11. The minimum Gasteiger partial charge on any atom is -0.376 e. The van der Waals surface area contributed by atoms with Crippen molar-refractivity contribution in [2.24, 2.45) is 0 Å². The van der Waals surface area contributed by atoms with Crippen LogP contribution in [0.15, 0.2) is 53.4 Å². The van der Waals surface area contributed by atoms with Crippen molar-refractivity contribution in [1.29, 1.82) is 0 Å². The maximum absolute atomic E-state index is 13.0. The summed E-state index contributed by atoms with van der Waals surface area (Å²) >= 11 is 1.61. The van der Waals surface area contributed by atoms with Gasteiger partial charge in [-0.3, -0.25) is 4.79 Å². The number of amides is 1. The van der Waals surface area contributed by atoms with E-state index in [1.54, 1.807) is 23.9 Å². The molecule has 0 aliphatic heterocycles. The second-order valence-electron chi connectivity index (χ2n) is 4.14. The average Bonchev–Trinajstić information content (AvgIpc) is 2.45. The Hall–Kier alpha value is -2.01. The summed E-state index contributed by atoms with van der Waals surface area (Å²) in [4.78, 5) is 12.9. The van der Waals surface area contributed by atoms with E-state index in [1.165, 1.54) is 12.1 Å². The molecular weight excluding hydrogens is 275 g/mol. The summed E-state index contributed by atoms with van der Waals surface area (Å²) in [6, 6.07) is 13.6. The number of hydrogen-bond acceptors (Lipinski definition) is 3. The van der Waals surface area contributed by atoms with E-state index in [0.717, 1.165) is 10.6 Å². The molecule has 2 N–H and O–H groups in total. The molecule has 2 rings (SSSR count). The summed E-state index contributed by atoms with van der Waals surface area (Å²) < 4.78 is 13.0. The quantitative estimate of drug-likeness (QED) is 0.827. The fourth-order valence-electron chi connectivity index (χ4n) is 1.69. The molecule has 0 saturated carbocycles. The highest BCUT2D eigenvalue weighted by Crippen LogP contribution is 2.18. The van der Waals surface area contributed by atoms with Gasteiger partial charge in [0.15, 0.2) is 0 Å². The lowest BCUT2D eigenvalue weighted by Gasteiger charge is -2.08. The first-order valence-corrected chi connectivity index (χ1v) is 7.33. The number of carbonyl (C=O) groups is 1. The van der Waals surface area contributed by atoms with E-state index >= 15 is 0 Å². The molecule has 0 bridgehead atoms. The summed E-state index contributed by atoms with van der Waals surface area (Å²) in [6.07, 6.45) is 1.98. The smallest absolute Gasteiger partial charge is 0.243 e. The molecule has 0 atom stereocenters. The van der Waals surface area contributed by atoms with Crippen LogP contribution >= 0.6 is 11.8 Å². The standard InChI is InChI=1S/C15H15FN2OS/c1-20-14-7-3-6-13(9-14)18-15(19)10-17-12-5-2-4-11(16)8-12/h2-9,17H,10H2,1H3,(H,18,19). The van der Waals surface area contributed by atoms with Crippen molar-refractivity contribution >= 4 is 29.0 Å². The number of hydrogen-bond donors (Lipinski definition) is 2. The number of nitrogens with one attached hydrogen (secondary N) is 2. The van der Waals surface area contributed by atoms with Gasteiger partial charge in [0, 0.05) is 16.3 Å². The molecule has 0 fully saturated rings. The molecular formula is C15H15FN2OS. The average molecular weight is 290 g/mol. The molecule has 0 spiro atoms. The van der Waals surface area contributed by atoms with Crippen LogP contribution in [0.1, 0.15) is 0 Å². The van der Waals surface area contributed by atoms with Gasteiger partial charge in [0.2, 0.25) is 5.91 Å². The minimum atomic E-state index is -0.330. The summed E-state index contributed by atoms with van der Waals surface area (Å²) in [5.41, 5.74) is 1.33. The summed E-state index contributed by atoms with van der Waals surface area (Å²) in [5.74, 6) is -0.504. The van der Waals surface area contributed by atoms with Crippen molar-refractivity contribution in [1.82, 2.24) is 0 Å². The van der Waals surface area contributed by atoms with Gasteiger partial charge in [0.05, 0.1) is 6.54 Å². The highest BCUT2D eigenvalue weighted by atomic mass is 32.2. The highest BCUT2D eigenvalue weighted by molar-refractivity contribution is 7.98. The van der Waals surface area contributed by atoms with Gasteiger partial charge in [0.1, 0.15) is 5.82 Å². The number of benzene rings is 2. The van der Waals surface area contributed by atoms with Gasteiger partial charge in [-0.2, -0.15) is 0 Å². The maximum atomic E-state index is 13.0. The lowest BCUT2D eigenvalue weighted by atomic mass is 10.3. The summed E-state index contributed by atoms with van der Waals surface area (Å²) in [6.45, 7) is 0.0902. The van der Waals surface area contributed by atoms with Crippen LogP contribution < -0.4 is 10.6 Å². The van der Waals surface area contributed by atoms with Crippen LogP contribution in [0.25, 0.3) is 0 Å². The van der Waals surface area contributed by atoms with Crippen molar-refractivity contribution in [3.8, 4) is 0 Å². The van der Waals surface area contributed by atoms with Crippen molar-refractivity contribution < 1.29 is 9.18 Å². The number of carbonyl (C=O) groups excluding carboxylic acids is 1. The fraction of sp³-hybridized carbons (Fsp3) is 0.133. The molecule has 0 aliphatic rings. The van der Waals surface area contributed by atoms with Gasteiger partial charge in [-0.15, -0.1) is 11.8 Å². The Balaban J connectivity index is 1.89. The predicted octanol–water partition coefficient (Wildman–Crippen LogP) is 3.60. The van der Waals surface area contributed by atoms with Crippen LogP contribution in [0.2, 0.25) is 0 Å². The van der Waals surface area contributed by atoms with Crippen LogP contribution in [0.3, 0.4) is 0 Å². The molecule has 20 heavy (non-hydrogen) atoms. The van der Waals surface area contributed by atoms with E-state index in [4.69, 9.17) is 0 Å². The molecule has 2 aromatic carbocycles. The Kier molecular flexibility index (Phi) is 5.01. The third kappa shape index (κ3) is 4.28. The number of rotatable bonds is 5. The Morgan fingerprint density at radius 1 is 1.15 bits per heavy atom. The Morgan fingerprint density at radius 3 is 2.65 bits per heavy atom. The number of thioether (sulfide) groups is 1. The zero-order chi connectivity index (χ0) is 14.4. The second kappa shape index (κ2) is 6.96. The second-order valence-corrected chi connectivity index (χ2v) is 5.02. The molecule has 0 saturated heterocycles. The van der Waals surface area contributed by atoms with Gasteiger partial charge in [-0.05, 0) is 42.7 Å². The Bertz CT molecular complexity index is 604. The number of anilines is 2. The van der Waals surface area contributed by atoms with Crippen LogP contribution in [0, 0.1) is 5.82 Å². The largest absolute Gasteiger partial charge is 0.376 e. The molecule has 3 nitrogen and oxygen atoms in total. The lowest BCUT2D eigenvalue weighted by Crippen LogP contribution is -2.21. The van der Waals surface area contributed by atoms with Crippen molar-refractivity contribution in [3.05, 3.63) is 54.3 Å². The van der Waals surface area contributed by atoms with E-state index in [0.29, 0.717) is 5.69 Å². The molecule has 0 aliphatic carbocycles. The van der Waals surface area contributed by atoms with Crippen LogP contribution in [-0.4, -0.2) is 18.7 Å². The third-order valence-corrected chi connectivity index (χ3v) is 3.36. The molecule has 1 amide bonds. The van der Waals surface area contributed by atoms with Crippen molar-refractivity contribution in [2.75, 3.05) is 23.4 Å². The van der Waals surface area contributed by atoms with E-state index < -0.39 is 0 Å². The zero-order valence-corrected chi connectivity index (χ0v) is 11.8. The van der Waals surface area contributed by atoms with E-state index in [1.807, 2.05) is 30.5 Å².